The van der Waals surface area contributed by atoms with Crippen molar-refractivity contribution in [1.82, 2.24) is 5.43 Å². The van der Waals surface area contributed by atoms with E-state index in [9.17, 15) is 14.4 Å². The van der Waals surface area contributed by atoms with Gasteiger partial charge in [0.1, 0.15) is 11.5 Å². The minimum Gasteiger partial charge on any atom is -0.497 e. The maximum atomic E-state index is 12.2. The van der Waals surface area contributed by atoms with Crippen molar-refractivity contribution in [1.29, 1.82) is 0 Å². The fourth-order valence-electron chi connectivity index (χ4n) is 2.49. The summed E-state index contributed by atoms with van der Waals surface area (Å²) in [5, 5.41) is 6.72. The zero-order valence-corrected chi connectivity index (χ0v) is 17.6. The number of hydrazone groups is 1. The highest BCUT2D eigenvalue weighted by atomic mass is 35.5. The van der Waals surface area contributed by atoms with Crippen molar-refractivity contribution in [2.45, 2.75) is 0 Å². The average Bonchev–Trinajstić information content (AvgIpc) is 2.80. The number of halogens is 1. The molecule has 162 valence electrons. The summed E-state index contributed by atoms with van der Waals surface area (Å²) < 4.78 is 10.4. The molecule has 9 heteroatoms. The molecule has 0 aliphatic heterocycles. The highest BCUT2D eigenvalue weighted by molar-refractivity contribution is 6.39. The molecule has 0 spiro atoms. The number of nitrogens with one attached hydrogen (secondary N) is 2. The summed E-state index contributed by atoms with van der Waals surface area (Å²) in [6.45, 7) is 0. The van der Waals surface area contributed by atoms with Gasteiger partial charge >= 0.3 is 17.8 Å². The van der Waals surface area contributed by atoms with Crippen molar-refractivity contribution < 1.29 is 23.9 Å². The first-order valence-electron chi connectivity index (χ1n) is 9.31. The van der Waals surface area contributed by atoms with Crippen LogP contribution in [0.1, 0.15) is 15.9 Å². The Balaban J connectivity index is 1.54. The first kappa shape index (κ1) is 22.5. The van der Waals surface area contributed by atoms with Gasteiger partial charge < -0.3 is 14.8 Å². The van der Waals surface area contributed by atoms with Gasteiger partial charge in [0.15, 0.2) is 0 Å². The van der Waals surface area contributed by atoms with Gasteiger partial charge in [-0.1, -0.05) is 23.7 Å². The van der Waals surface area contributed by atoms with E-state index in [1.165, 1.54) is 13.3 Å². The summed E-state index contributed by atoms with van der Waals surface area (Å²) in [5.74, 6) is -1.45. The predicted octanol–water partition coefficient (Wildman–Crippen LogP) is 3.66. The van der Waals surface area contributed by atoms with Gasteiger partial charge in [-0.15, -0.1) is 0 Å². The van der Waals surface area contributed by atoms with E-state index in [0.29, 0.717) is 27.6 Å². The van der Waals surface area contributed by atoms with E-state index in [-0.39, 0.29) is 5.75 Å². The molecule has 0 aliphatic carbocycles. The van der Waals surface area contributed by atoms with Gasteiger partial charge in [-0.2, -0.15) is 5.10 Å². The molecule has 32 heavy (non-hydrogen) atoms. The van der Waals surface area contributed by atoms with Crippen LogP contribution in [-0.4, -0.2) is 31.1 Å². The lowest BCUT2D eigenvalue weighted by molar-refractivity contribution is -0.136. The van der Waals surface area contributed by atoms with Gasteiger partial charge in [-0.05, 0) is 66.2 Å². The normalized spacial score (nSPS) is 10.4. The predicted molar refractivity (Wildman–Crippen MR) is 120 cm³/mol. The van der Waals surface area contributed by atoms with Crippen LogP contribution in [0.5, 0.6) is 11.5 Å². The number of amides is 2. The van der Waals surface area contributed by atoms with Crippen LogP contribution in [0.2, 0.25) is 5.02 Å². The lowest BCUT2D eigenvalue weighted by Crippen LogP contribution is -2.32. The Morgan fingerprint density at radius 1 is 0.906 bits per heavy atom. The smallest absolute Gasteiger partial charge is 0.343 e. The van der Waals surface area contributed by atoms with E-state index < -0.39 is 17.8 Å². The number of benzene rings is 3. The molecule has 0 heterocycles. The number of ether oxygens (including phenoxy) is 2. The van der Waals surface area contributed by atoms with Crippen LogP contribution in [0.4, 0.5) is 5.69 Å². The maximum absolute atomic E-state index is 12.2. The molecular formula is C23H18ClN3O5. The molecule has 0 saturated carbocycles. The summed E-state index contributed by atoms with van der Waals surface area (Å²) in [6, 6.07) is 19.3. The lowest BCUT2D eigenvalue weighted by atomic mass is 10.2. The summed E-state index contributed by atoms with van der Waals surface area (Å²) in [4.78, 5) is 36.1. The van der Waals surface area contributed by atoms with Gasteiger partial charge in [0.05, 0.1) is 18.9 Å². The fourth-order valence-corrected chi connectivity index (χ4v) is 2.61. The van der Waals surface area contributed by atoms with Crippen LogP contribution < -0.4 is 20.2 Å². The highest BCUT2D eigenvalue weighted by Crippen LogP contribution is 2.16. The molecule has 2 amide bonds. The van der Waals surface area contributed by atoms with Gasteiger partial charge in [-0.3, -0.25) is 9.59 Å². The number of carbonyl (C=O) groups is 3. The van der Waals surface area contributed by atoms with Crippen molar-refractivity contribution in [3.8, 4) is 11.5 Å². The zero-order valence-electron chi connectivity index (χ0n) is 16.9. The molecule has 0 unspecified atom stereocenters. The number of hydrogen-bond donors (Lipinski definition) is 2. The number of esters is 1. The second kappa shape index (κ2) is 10.7. The van der Waals surface area contributed by atoms with Crippen LogP contribution in [0.15, 0.2) is 77.9 Å². The number of methoxy groups -OCH3 is 1. The largest absolute Gasteiger partial charge is 0.497 e. The third kappa shape index (κ3) is 6.41. The highest BCUT2D eigenvalue weighted by Gasteiger charge is 2.13. The molecule has 0 aromatic heterocycles. The molecule has 0 fully saturated rings. The van der Waals surface area contributed by atoms with E-state index in [1.54, 1.807) is 72.8 Å². The van der Waals surface area contributed by atoms with Gasteiger partial charge in [-0.25, -0.2) is 10.2 Å². The Bertz CT molecular complexity index is 1150. The Morgan fingerprint density at radius 2 is 1.62 bits per heavy atom. The Morgan fingerprint density at radius 3 is 2.31 bits per heavy atom. The SMILES string of the molecule is COc1ccc(NC(=O)C(=O)NN=Cc2cccc(OC(=O)c3ccc(Cl)cc3)c2)cc1. The van der Waals surface area contributed by atoms with Gasteiger partial charge in [0.25, 0.3) is 0 Å². The first-order valence-corrected chi connectivity index (χ1v) is 9.68. The molecule has 3 aromatic rings. The first-order chi connectivity index (χ1) is 15.4. The minimum absolute atomic E-state index is 0.289. The Kier molecular flexibility index (Phi) is 7.55. The molecule has 0 saturated heterocycles. The van der Waals surface area contributed by atoms with Crippen molar-refractivity contribution in [3.05, 3.63) is 88.9 Å². The second-order valence-electron chi connectivity index (χ2n) is 6.35. The average molecular weight is 452 g/mol. The molecular weight excluding hydrogens is 434 g/mol. The third-order valence-electron chi connectivity index (χ3n) is 4.08. The Labute approximate surface area is 188 Å². The van der Waals surface area contributed by atoms with E-state index in [2.05, 4.69) is 15.8 Å². The number of nitrogens with zero attached hydrogens (tertiary/aromatic N) is 1. The molecule has 0 radical (unpaired) electrons. The molecule has 0 aliphatic rings. The summed E-state index contributed by atoms with van der Waals surface area (Å²) in [6.07, 6.45) is 1.32. The van der Waals surface area contributed by atoms with Crippen LogP contribution in [0.25, 0.3) is 0 Å². The molecule has 0 bridgehead atoms. The summed E-state index contributed by atoms with van der Waals surface area (Å²) in [5.41, 5.74) is 3.47. The summed E-state index contributed by atoms with van der Waals surface area (Å²) in [7, 11) is 1.53. The van der Waals surface area contributed by atoms with E-state index in [0.717, 1.165) is 0 Å². The number of rotatable bonds is 6. The van der Waals surface area contributed by atoms with Crippen molar-refractivity contribution >= 4 is 41.3 Å². The maximum Gasteiger partial charge on any atom is 0.343 e. The number of carbonyl (C=O) groups excluding carboxylic acids is 3. The van der Waals surface area contributed by atoms with Crippen LogP contribution in [0.3, 0.4) is 0 Å². The topological polar surface area (TPSA) is 106 Å². The monoisotopic (exact) mass is 451 g/mol. The quantitative estimate of drug-likeness (QED) is 0.195. The number of anilines is 1. The van der Waals surface area contributed by atoms with Gasteiger partial charge in [0, 0.05) is 10.7 Å². The third-order valence-corrected chi connectivity index (χ3v) is 4.33. The molecule has 2 N–H and O–H groups in total. The van der Waals surface area contributed by atoms with Crippen LogP contribution >= 0.6 is 11.6 Å². The van der Waals surface area contributed by atoms with Gasteiger partial charge in [0.2, 0.25) is 0 Å². The number of hydrogen-bond acceptors (Lipinski definition) is 6. The molecule has 3 aromatic carbocycles. The summed E-state index contributed by atoms with van der Waals surface area (Å²) >= 11 is 5.81. The van der Waals surface area contributed by atoms with Crippen LogP contribution in [-0.2, 0) is 9.59 Å². The molecule has 3 rings (SSSR count). The van der Waals surface area contributed by atoms with Crippen molar-refractivity contribution in [2.75, 3.05) is 12.4 Å². The van der Waals surface area contributed by atoms with Crippen LogP contribution in [0, 0.1) is 0 Å². The Hall–Kier alpha value is -4.17. The van der Waals surface area contributed by atoms with Crippen molar-refractivity contribution in [2.24, 2.45) is 5.10 Å². The molecule has 8 nitrogen and oxygen atoms in total. The van der Waals surface area contributed by atoms with E-state index >= 15 is 0 Å². The van der Waals surface area contributed by atoms with E-state index in [1.807, 2.05) is 0 Å². The van der Waals surface area contributed by atoms with E-state index in [4.69, 9.17) is 21.1 Å². The molecule has 0 atom stereocenters. The van der Waals surface area contributed by atoms with Crippen molar-refractivity contribution in [3.63, 3.8) is 0 Å². The zero-order chi connectivity index (χ0) is 22.9. The second-order valence-corrected chi connectivity index (χ2v) is 6.79. The standard InChI is InChI=1S/C23H18ClN3O5/c1-31-19-11-9-18(10-12-19)26-21(28)22(29)27-25-14-15-3-2-4-20(13-15)32-23(30)16-5-7-17(24)8-6-16/h2-14H,1H3,(H,26,28)(H,27,29). The minimum atomic E-state index is -0.942. The fraction of sp³-hybridized carbons (Fsp3) is 0.0435. The lowest BCUT2D eigenvalue weighted by Gasteiger charge is -2.06.